The second-order valence-corrected chi connectivity index (χ2v) is 8.52. The third-order valence-corrected chi connectivity index (χ3v) is 6.15. The minimum atomic E-state index is -0.550. The fourth-order valence-electron chi connectivity index (χ4n) is 4.09. The van der Waals surface area contributed by atoms with E-state index in [1.54, 1.807) is 16.7 Å². The molecule has 2 heterocycles. The Bertz CT molecular complexity index is 1030. The van der Waals surface area contributed by atoms with E-state index < -0.39 is 5.82 Å². The number of benzene rings is 2. The first-order valence-electron chi connectivity index (χ1n) is 11.1. The van der Waals surface area contributed by atoms with Crippen LogP contribution in [0.25, 0.3) is 0 Å². The Morgan fingerprint density at radius 3 is 2.58 bits per heavy atom. The monoisotopic (exact) mass is 475 g/mol. The number of halogens is 2. The summed E-state index contributed by atoms with van der Waals surface area (Å²) in [6.45, 7) is 6.93. The number of hydrogen-bond acceptors (Lipinski definition) is 5. The number of fused-ring (bicyclic) bond motifs is 1. The van der Waals surface area contributed by atoms with Gasteiger partial charge in [-0.3, -0.25) is 9.69 Å². The molecule has 0 aromatic heterocycles. The van der Waals surface area contributed by atoms with Gasteiger partial charge >= 0.3 is 6.09 Å². The number of piperazine rings is 1. The Hall–Kier alpha value is -2.84. The van der Waals surface area contributed by atoms with Gasteiger partial charge in [0.05, 0.1) is 18.2 Å². The van der Waals surface area contributed by atoms with Crippen molar-refractivity contribution >= 4 is 23.6 Å². The highest BCUT2D eigenvalue weighted by atomic mass is 35.5. The summed E-state index contributed by atoms with van der Waals surface area (Å²) in [6.07, 6.45) is -0.258. The quantitative estimate of drug-likeness (QED) is 0.673. The lowest BCUT2D eigenvalue weighted by Gasteiger charge is -2.34. The Labute approximate surface area is 197 Å². The number of carbonyl (C=O) groups excluding carboxylic acids is 2. The molecular formula is C24H27ClFN3O4. The fraction of sp³-hybridized carbons (Fsp3) is 0.417. The molecule has 33 heavy (non-hydrogen) atoms. The summed E-state index contributed by atoms with van der Waals surface area (Å²) in [5.41, 5.74) is 2.39. The number of nitrogens with zero attached hydrogens (tertiary/aromatic N) is 3. The summed E-state index contributed by atoms with van der Waals surface area (Å²) in [6, 6.07) is 10.1. The molecule has 2 aromatic rings. The van der Waals surface area contributed by atoms with Crippen LogP contribution in [0.3, 0.4) is 0 Å². The number of carbonyl (C=O) groups is 2. The molecule has 0 bridgehead atoms. The molecule has 2 amide bonds. The third-order valence-electron chi connectivity index (χ3n) is 5.86. The molecule has 0 saturated carbocycles. The fourth-order valence-corrected chi connectivity index (χ4v) is 4.27. The lowest BCUT2D eigenvalue weighted by Crippen LogP contribution is -2.48. The molecule has 0 radical (unpaired) electrons. The molecule has 1 saturated heterocycles. The zero-order chi connectivity index (χ0) is 23.4. The van der Waals surface area contributed by atoms with Crippen LogP contribution in [0, 0.1) is 5.82 Å². The summed E-state index contributed by atoms with van der Waals surface area (Å²) >= 11 is 5.86. The zero-order valence-corrected chi connectivity index (χ0v) is 19.3. The van der Waals surface area contributed by atoms with Gasteiger partial charge in [-0.15, -0.1) is 0 Å². The molecule has 7 nitrogen and oxygen atoms in total. The van der Waals surface area contributed by atoms with Gasteiger partial charge < -0.3 is 19.3 Å². The normalized spacial score (nSPS) is 16.6. The van der Waals surface area contributed by atoms with Gasteiger partial charge in [0.2, 0.25) is 0 Å². The van der Waals surface area contributed by atoms with Gasteiger partial charge in [-0.25, -0.2) is 9.18 Å². The van der Waals surface area contributed by atoms with E-state index in [9.17, 15) is 14.0 Å². The van der Waals surface area contributed by atoms with Crippen molar-refractivity contribution in [3.63, 3.8) is 0 Å². The minimum Gasteiger partial charge on any atom is -0.491 e. The van der Waals surface area contributed by atoms with E-state index in [4.69, 9.17) is 21.1 Å². The standard InChI is InChI=1S/C24H27ClFN3O4/c1-2-32-24(31)28-9-7-27(8-10-28)15-17-3-6-22-19(13-17)16-29(11-12-33-22)23(30)18-4-5-21(26)20(25)14-18/h3-6,13-14H,2,7-12,15-16H2,1H3. The molecule has 2 aliphatic heterocycles. The van der Waals surface area contributed by atoms with Crippen LogP contribution in [-0.4, -0.2) is 72.6 Å². The number of hydrogen-bond donors (Lipinski definition) is 0. The van der Waals surface area contributed by atoms with E-state index in [2.05, 4.69) is 11.0 Å². The van der Waals surface area contributed by atoms with Crippen LogP contribution in [0.15, 0.2) is 36.4 Å². The molecule has 0 N–H and O–H groups in total. The largest absolute Gasteiger partial charge is 0.491 e. The van der Waals surface area contributed by atoms with Gasteiger partial charge in [-0.1, -0.05) is 17.7 Å². The van der Waals surface area contributed by atoms with E-state index in [1.165, 1.54) is 18.2 Å². The summed E-state index contributed by atoms with van der Waals surface area (Å²) in [7, 11) is 0. The third kappa shape index (κ3) is 5.57. The van der Waals surface area contributed by atoms with Crippen molar-refractivity contribution in [1.82, 2.24) is 14.7 Å². The van der Waals surface area contributed by atoms with Crippen LogP contribution in [0.1, 0.15) is 28.4 Å². The van der Waals surface area contributed by atoms with Crippen LogP contribution in [0.5, 0.6) is 5.75 Å². The number of amides is 2. The summed E-state index contributed by atoms with van der Waals surface area (Å²) in [5, 5.41) is -0.0716. The minimum absolute atomic E-state index is 0.0716. The molecule has 0 spiro atoms. The number of rotatable bonds is 4. The van der Waals surface area contributed by atoms with Crippen LogP contribution in [-0.2, 0) is 17.8 Å². The molecule has 2 aromatic carbocycles. The maximum atomic E-state index is 13.5. The predicted molar refractivity (Wildman–Crippen MR) is 122 cm³/mol. The molecule has 1 fully saturated rings. The Balaban J connectivity index is 1.41. The Morgan fingerprint density at radius 2 is 1.85 bits per heavy atom. The highest BCUT2D eigenvalue weighted by Gasteiger charge is 2.24. The SMILES string of the molecule is CCOC(=O)N1CCN(Cc2ccc3c(c2)CN(C(=O)c2ccc(F)c(Cl)c2)CCO3)CC1. The van der Waals surface area contributed by atoms with Gasteiger partial charge in [0.15, 0.2) is 0 Å². The van der Waals surface area contributed by atoms with Crippen molar-refractivity contribution in [3.05, 3.63) is 63.9 Å². The number of ether oxygens (including phenoxy) is 2. The van der Waals surface area contributed by atoms with Crippen molar-refractivity contribution in [2.75, 3.05) is 45.9 Å². The topological polar surface area (TPSA) is 62.3 Å². The molecule has 9 heteroatoms. The molecule has 0 atom stereocenters. The van der Waals surface area contributed by atoms with E-state index in [-0.39, 0.29) is 17.0 Å². The average Bonchev–Trinajstić information content (AvgIpc) is 3.03. The lowest BCUT2D eigenvalue weighted by atomic mass is 10.1. The zero-order valence-electron chi connectivity index (χ0n) is 18.6. The van der Waals surface area contributed by atoms with Gasteiger partial charge in [-0.05, 0) is 42.8 Å². The van der Waals surface area contributed by atoms with Crippen molar-refractivity contribution in [2.45, 2.75) is 20.0 Å². The van der Waals surface area contributed by atoms with Gasteiger partial charge in [0.25, 0.3) is 5.91 Å². The Morgan fingerprint density at radius 1 is 1.06 bits per heavy atom. The van der Waals surface area contributed by atoms with Gasteiger partial charge in [0.1, 0.15) is 18.2 Å². The van der Waals surface area contributed by atoms with Crippen molar-refractivity contribution in [2.24, 2.45) is 0 Å². The summed E-state index contributed by atoms with van der Waals surface area (Å²) in [5.74, 6) is -0.00217. The van der Waals surface area contributed by atoms with Crippen LogP contribution < -0.4 is 4.74 Å². The highest BCUT2D eigenvalue weighted by Crippen LogP contribution is 2.27. The predicted octanol–water partition coefficient (Wildman–Crippen LogP) is 3.79. The van der Waals surface area contributed by atoms with Crippen molar-refractivity contribution in [1.29, 1.82) is 0 Å². The van der Waals surface area contributed by atoms with Crippen molar-refractivity contribution < 1.29 is 23.5 Å². The maximum absolute atomic E-state index is 13.5. The van der Waals surface area contributed by atoms with Gasteiger partial charge in [0, 0.05) is 50.4 Å². The second kappa shape index (κ2) is 10.4. The molecule has 4 rings (SSSR count). The lowest BCUT2D eigenvalue weighted by molar-refractivity contribution is 0.0731. The first-order chi connectivity index (χ1) is 15.9. The van der Waals surface area contributed by atoms with Crippen LogP contribution >= 0.6 is 11.6 Å². The second-order valence-electron chi connectivity index (χ2n) is 8.11. The maximum Gasteiger partial charge on any atom is 0.409 e. The molecule has 0 aliphatic carbocycles. The van der Waals surface area contributed by atoms with E-state index in [0.29, 0.717) is 45.0 Å². The summed E-state index contributed by atoms with van der Waals surface area (Å²) < 4.78 is 24.4. The first kappa shape index (κ1) is 23.3. The first-order valence-corrected chi connectivity index (χ1v) is 11.5. The van der Waals surface area contributed by atoms with E-state index >= 15 is 0 Å². The smallest absolute Gasteiger partial charge is 0.409 e. The van der Waals surface area contributed by atoms with E-state index in [1.807, 2.05) is 12.1 Å². The molecule has 2 aliphatic rings. The van der Waals surface area contributed by atoms with Gasteiger partial charge in [-0.2, -0.15) is 0 Å². The van der Waals surface area contributed by atoms with Crippen LogP contribution in [0.4, 0.5) is 9.18 Å². The summed E-state index contributed by atoms with van der Waals surface area (Å²) in [4.78, 5) is 30.6. The van der Waals surface area contributed by atoms with Crippen LogP contribution in [0.2, 0.25) is 5.02 Å². The highest BCUT2D eigenvalue weighted by molar-refractivity contribution is 6.31. The molecular weight excluding hydrogens is 449 g/mol. The average molecular weight is 476 g/mol. The molecule has 176 valence electrons. The van der Waals surface area contributed by atoms with Crippen molar-refractivity contribution in [3.8, 4) is 5.75 Å². The molecule has 0 unspecified atom stereocenters. The van der Waals surface area contributed by atoms with E-state index in [0.717, 1.165) is 36.5 Å². The Kier molecular flexibility index (Phi) is 7.35.